The fourth-order valence-electron chi connectivity index (χ4n) is 3.88. The number of aliphatic hydroxyl groups is 1. The average molecular weight is 486 g/mol. The topological polar surface area (TPSA) is 69.6 Å². The molecule has 4 rings (SSSR count). The van der Waals surface area contributed by atoms with Gasteiger partial charge in [-0.25, -0.2) is 0 Å². The summed E-state index contributed by atoms with van der Waals surface area (Å²) in [5, 5.41) is 11.4. The summed E-state index contributed by atoms with van der Waals surface area (Å²) in [5.74, 6) is 3.45. The van der Waals surface area contributed by atoms with E-state index in [9.17, 15) is 5.11 Å². The minimum atomic E-state index is -0.721. The molecule has 0 saturated carbocycles. The van der Waals surface area contributed by atoms with Crippen molar-refractivity contribution in [2.24, 2.45) is 0 Å². The SMILES string of the molecule is COc1cccc(CN(Cc2ccc3c(c2)OCO3)CC(O)COc2ccc(Cl)cc2)c1OC. The smallest absolute Gasteiger partial charge is 0.231 e. The number of hydrogen-bond donors (Lipinski definition) is 1. The molecule has 0 amide bonds. The first kappa shape index (κ1) is 24.0. The summed E-state index contributed by atoms with van der Waals surface area (Å²) in [4.78, 5) is 2.13. The van der Waals surface area contributed by atoms with Crippen LogP contribution < -0.4 is 23.7 Å². The number of methoxy groups -OCH3 is 2. The molecule has 3 aromatic rings. The lowest BCUT2D eigenvalue weighted by atomic mass is 10.1. The van der Waals surface area contributed by atoms with E-state index in [1.165, 1.54) is 0 Å². The molecule has 3 aromatic carbocycles. The van der Waals surface area contributed by atoms with Crippen molar-refractivity contribution in [3.05, 3.63) is 76.8 Å². The van der Waals surface area contributed by atoms with Gasteiger partial charge in [0, 0.05) is 30.2 Å². The fraction of sp³-hybridized carbons (Fsp3) is 0.308. The third kappa shape index (κ3) is 6.05. The van der Waals surface area contributed by atoms with Gasteiger partial charge in [0.25, 0.3) is 0 Å². The van der Waals surface area contributed by atoms with E-state index in [1.54, 1.807) is 38.5 Å². The summed E-state index contributed by atoms with van der Waals surface area (Å²) in [6, 6.07) is 18.7. The molecule has 0 radical (unpaired) electrons. The number of fused-ring (bicyclic) bond motifs is 1. The molecule has 1 aliphatic rings. The van der Waals surface area contributed by atoms with Crippen LogP contribution >= 0.6 is 11.6 Å². The summed E-state index contributed by atoms with van der Waals surface area (Å²) in [5.41, 5.74) is 1.99. The highest BCUT2D eigenvalue weighted by Gasteiger charge is 2.19. The molecule has 1 heterocycles. The van der Waals surface area contributed by atoms with Crippen LogP contribution in [0.4, 0.5) is 0 Å². The number of ether oxygens (including phenoxy) is 5. The van der Waals surface area contributed by atoms with Crippen molar-refractivity contribution < 1.29 is 28.8 Å². The van der Waals surface area contributed by atoms with E-state index in [1.807, 2.05) is 36.4 Å². The lowest BCUT2D eigenvalue weighted by Gasteiger charge is -2.26. The zero-order valence-corrected chi connectivity index (χ0v) is 20.0. The number of rotatable bonds is 11. The maximum absolute atomic E-state index is 10.8. The number of hydrogen-bond acceptors (Lipinski definition) is 7. The molecule has 0 bridgehead atoms. The van der Waals surface area contributed by atoms with Crippen LogP contribution in [0, 0.1) is 0 Å². The Hall–Kier alpha value is -3.13. The van der Waals surface area contributed by atoms with Crippen molar-refractivity contribution >= 4 is 11.6 Å². The monoisotopic (exact) mass is 485 g/mol. The van der Waals surface area contributed by atoms with Crippen LogP contribution in [0.1, 0.15) is 11.1 Å². The van der Waals surface area contributed by atoms with Gasteiger partial charge < -0.3 is 28.8 Å². The van der Waals surface area contributed by atoms with E-state index in [-0.39, 0.29) is 13.4 Å². The first-order chi connectivity index (χ1) is 16.6. The quantitative estimate of drug-likeness (QED) is 0.428. The normalized spacial score (nSPS) is 13.1. The predicted octanol–water partition coefficient (Wildman–Crippen LogP) is 4.53. The van der Waals surface area contributed by atoms with Crippen molar-refractivity contribution in [3.8, 4) is 28.7 Å². The maximum atomic E-state index is 10.8. The van der Waals surface area contributed by atoms with E-state index in [2.05, 4.69) is 4.90 Å². The molecule has 1 N–H and O–H groups in total. The molecule has 1 atom stereocenters. The van der Waals surface area contributed by atoms with E-state index >= 15 is 0 Å². The Morgan fingerprint density at radius 2 is 1.76 bits per heavy atom. The lowest BCUT2D eigenvalue weighted by Crippen LogP contribution is -2.35. The van der Waals surface area contributed by atoms with Gasteiger partial charge in [-0.2, -0.15) is 0 Å². The standard InChI is InChI=1S/C26H28ClNO6/c1-30-24-5-3-4-19(26(24)31-2)14-28(13-18-6-11-23-25(12-18)34-17-33-23)15-21(29)16-32-22-9-7-20(27)8-10-22/h3-12,21,29H,13-17H2,1-2H3. The van der Waals surface area contributed by atoms with E-state index < -0.39 is 6.10 Å². The second kappa shape index (κ2) is 11.3. The number of para-hydroxylation sites is 1. The maximum Gasteiger partial charge on any atom is 0.231 e. The van der Waals surface area contributed by atoms with E-state index in [0.717, 1.165) is 22.6 Å². The largest absolute Gasteiger partial charge is 0.493 e. The third-order valence-corrected chi connectivity index (χ3v) is 5.70. The summed E-state index contributed by atoms with van der Waals surface area (Å²) < 4.78 is 27.8. The molecule has 0 aliphatic carbocycles. The first-order valence-corrected chi connectivity index (χ1v) is 11.3. The zero-order valence-electron chi connectivity index (χ0n) is 19.2. The van der Waals surface area contributed by atoms with Gasteiger partial charge in [0.05, 0.1) is 14.2 Å². The molecule has 0 aromatic heterocycles. The summed E-state index contributed by atoms with van der Waals surface area (Å²) >= 11 is 5.93. The number of halogens is 1. The Morgan fingerprint density at radius 1 is 0.971 bits per heavy atom. The molecule has 180 valence electrons. The molecule has 7 nitrogen and oxygen atoms in total. The van der Waals surface area contributed by atoms with Crippen molar-refractivity contribution in [1.29, 1.82) is 0 Å². The van der Waals surface area contributed by atoms with Crippen molar-refractivity contribution in [3.63, 3.8) is 0 Å². The highest BCUT2D eigenvalue weighted by atomic mass is 35.5. The Labute approximate surface area is 204 Å². The highest BCUT2D eigenvalue weighted by Crippen LogP contribution is 2.34. The molecule has 0 spiro atoms. The fourth-order valence-corrected chi connectivity index (χ4v) is 4.00. The summed E-state index contributed by atoms with van der Waals surface area (Å²) in [6.07, 6.45) is -0.721. The van der Waals surface area contributed by atoms with Crippen molar-refractivity contribution in [2.45, 2.75) is 19.2 Å². The van der Waals surface area contributed by atoms with Gasteiger partial charge in [-0.1, -0.05) is 29.8 Å². The summed E-state index contributed by atoms with van der Waals surface area (Å²) in [7, 11) is 3.24. The van der Waals surface area contributed by atoms with Crippen LogP contribution in [-0.2, 0) is 13.1 Å². The van der Waals surface area contributed by atoms with Crippen LogP contribution in [-0.4, -0.2) is 50.3 Å². The third-order valence-electron chi connectivity index (χ3n) is 5.45. The van der Waals surface area contributed by atoms with Crippen LogP contribution in [0.15, 0.2) is 60.7 Å². The van der Waals surface area contributed by atoms with Gasteiger partial charge in [-0.05, 0) is 48.0 Å². The molecular formula is C26H28ClNO6. The average Bonchev–Trinajstić information content (AvgIpc) is 3.31. The Balaban J connectivity index is 1.49. The van der Waals surface area contributed by atoms with Crippen LogP contribution in [0.2, 0.25) is 5.02 Å². The number of benzene rings is 3. The lowest BCUT2D eigenvalue weighted by molar-refractivity contribution is 0.0625. The number of nitrogens with zero attached hydrogens (tertiary/aromatic N) is 1. The molecule has 1 unspecified atom stereocenters. The van der Waals surface area contributed by atoms with Crippen molar-refractivity contribution in [2.75, 3.05) is 34.2 Å². The zero-order chi connectivity index (χ0) is 23.9. The van der Waals surface area contributed by atoms with Crippen LogP contribution in [0.25, 0.3) is 0 Å². The van der Waals surface area contributed by atoms with Crippen molar-refractivity contribution in [1.82, 2.24) is 4.90 Å². The summed E-state index contributed by atoms with van der Waals surface area (Å²) in [6.45, 7) is 1.86. The Morgan fingerprint density at radius 3 is 2.53 bits per heavy atom. The van der Waals surface area contributed by atoms with Gasteiger partial charge >= 0.3 is 0 Å². The van der Waals surface area contributed by atoms with E-state index in [0.29, 0.717) is 41.9 Å². The minimum Gasteiger partial charge on any atom is -0.493 e. The van der Waals surface area contributed by atoms with Gasteiger partial charge in [-0.15, -0.1) is 0 Å². The number of aliphatic hydroxyl groups excluding tert-OH is 1. The Bertz CT molecular complexity index is 1090. The molecule has 0 saturated heterocycles. The van der Waals surface area contributed by atoms with Crippen LogP contribution in [0.5, 0.6) is 28.7 Å². The van der Waals surface area contributed by atoms with Gasteiger partial charge in [0.15, 0.2) is 23.0 Å². The Kier molecular flexibility index (Phi) is 8.00. The van der Waals surface area contributed by atoms with Gasteiger partial charge in [0.2, 0.25) is 6.79 Å². The molecule has 34 heavy (non-hydrogen) atoms. The van der Waals surface area contributed by atoms with Crippen LogP contribution in [0.3, 0.4) is 0 Å². The van der Waals surface area contributed by atoms with Gasteiger partial charge in [0.1, 0.15) is 18.5 Å². The minimum absolute atomic E-state index is 0.147. The second-order valence-electron chi connectivity index (χ2n) is 7.93. The highest BCUT2D eigenvalue weighted by molar-refractivity contribution is 6.30. The van der Waals surface area contributed by atoms with Gasteiger partial charge in [-0.3, -0.25) is 4.90 Å². The predicted molar refractivity (Wildman–Crippen MR) is 129 cm³/mol. The molecular weight excluding hydrogens is 458 g/mol. The second-order valence-corrected chi connectivity index (χ2v) is 8.37. The molecule has 8 heteroatoms. The van der Waals surface area contributed by atoms with E-state index in [4.69, 9.17) is 35.3 Å². The first-order valence-electron chi connectivity index (χ1n) is 10.9. The molecule has 1 aliphatic heterocycles. The molecule has 0 fully saturated rings.